The van der Waals surface area contributed by atoms with E-state index in [0.717, 1.165) is 18.0 Å². The van der Waals surface area contributed by atoms with Crippen molar-refractivity contribution < 1.29 is 14.3 Å². The van der Waals surface area contributed by atoms with Crippen LogP contribution in [-0.2, 0) is 16.6 Å². The predicted octanol–water partition coefficient (Wildman–Crippen LogP) is 1.25. The minimum absolute atomic E-state index is 0.00239. The van der Waals surface area contributed by atoms with E-state index in [2.05, 4.69) is 10.3 Å². The first kappa shape index (κ1) is 16.7. The fourth-order valence-electron chi connectivity index (χ4n) is 2.31. The lowest BCUT2D eigenvalue weighted by Crippen LogP contribution is -2.47. The molecule has 2 amide bonds. The van der Waals surface area contributed by atoms with Gasteiger partial charge in [-0.05, 0) is 19.8 Å². The number of rotatable bonds is 5. The van der Waals surface area contributed by atoms with E-state index in [1.807, 2.05) is 17.8 Å². The lowest BCUT2D eigenvalue weighted by Gasteiger charge is -2.31. The van der Waals surface area contributed by atoms with Gasteiger partial charge in [-0.15, -0.1) is 0 Å². The summed E-state index contributed by atoms with van der Waals surface area (Å²) < 4.78 is 6.86. The highest BCUT2D eigenvalue weighted by Crippen LogP contribution is 2.15. The molecule has 0 spiro atoms. The summed E-state index contributed by atoms with van der Waals surface area (Å²) in [6.07, 6.45) is 4.82. The second kappa shape index (κ2) is 8.07. The van der Waals surface area contributed by atoms with Crippen molar-refractivity contribution in [2.45, 2.75) is 31.0 Å². The number of nitrogens with one attached hydrogen (secondary N) is 1. The highest BCUT2D eigenvalue weighted by atomic mass is 32.2. The number of amides is 2. The summed E-state index contributed by atoms with van der Waals surface area (Å²) in [6.45, 7) is 3.43. The molecule has 1 N–H and O–H groups in total. The number of imidazole rings is 1. The zero-order chi connectivity index (χ0) is 15.9. The molecule has 0 aliphatic carbocycles. The van der Waals surface area contributed by atoms with Crippen molar-refractivity contribution >= 4 is 23.8 Å². The molecule has 1 aliphatic rings. The van der Waals surface area contributed by atoms with Gasteiger partial charge in [0.1, 0.15) is 0 Å². The number of aromatic nitrogens is 2. The quantitative estimate of drug-likeness (QED) is 0.824. The molecule has 0 radical (unpaired) electrons. The second-order valence-electron chi connectivity index (χ2n) is 5.14. The van der Waals surface area contributed by atoms with Crippen molar-refractivity contribution in [3.05, 3.63) is 12.4 Å². The first-order chi connectivity index (χ1) is 10.6. The number of thioether (sulfide) groups is 1. The van der Waals surface area contributed by atoms with Crippen molar-refractivity contribution in [2.24, 2.45) is 7.05 Å². The second-order valence-corrected chi connectivity index (χ2v) is 6.08. The molecule has 8 heteroatoms. The predicted molar refractivity (Wildman–Crippen MR) is 83.7 cm³/mol. The van der Waals surface area contributed by atoms with E-state index in [9.17, 15) is 9.59 Å². The maximum atomic E-state index is 12.0. The number of aryl methyl sites for hydroxylation is 1. The summed E-state index contributed by atoms with van der Waals surface area (Å²) in [5.41, 5.74) is 0. The van der Waals surface area contributed by atoms with Crippen LogP contribution < -0.4 is 5.32 Å². The topological polar surface area (TPSA) is 76.5 Å². The lowest BCUT2D eigenvalue weighted by molar-refractivity contribution is -0.119. The van der Waals surface area contributed by atoms with Gasteiger partial charge in [0.15, 0.2) is 5.16 Å². The van der Waals surface area contributed by atoms with Crippen molar-refractivity contribution in [3.8, 4) is 0 Å². The Morgan fingerprint density at radius 2 is 2.18 bits per heavy atom. The Hall–Kier alpha value is -1.70. The number of piperidine rings is 1. The van der Waals surface area contributed by atoms with E-state index in [0.29, 0.717) is 25.4 Å². The van der Waals surface area contributed by atoms with Crippen LogP contribution in [0, 0.1) is 0 Å². The molecule has 0 aromatic carbocycles. The molecule has 22 heavy (non-hydrogen) atoms. The van der Waals surface area contributed by atoms with E-state index >= 15 is 0 Å². The van der Waals surface area contributed by atoms with E-state index < -0.39 is 0 Å². The molecule has 2 rings (SSSR count). The van der Waals surface area contributed by atoms with Gasteiger partial charge in [0.25, 0.3) is 0 Å². The van der Waals surface area contributed by atoms with E-state index in [1.54, 1.807) is 18.0 Å². The molecule has 1 aromatic heterocycles. The van der Waals surface area contributed by atoms with Gasteiger partial charge in [0.2, 0.25) is 5.91 Å². The third-order valence-electron chi connectivity index (χ3n) is 3.50. The molecule has 122 valence electrons. The monoisotopic (exact) mass is 326 g/mol. The van der Waals surface area contributed by atoms with Crippen LogP contribution in [0.2, 0.25) is 0 Å². The molecule has 1 aromatic rings. The first-order valence-electron chi connectivity index (χ1n) is 7.41. The number of carbonyl (C=O) groups is 2. The van der Waals surface area contributed by atoms with Crippen molar-refractivity contribution in [1.29, 1.82) is 0 Å². The van der Waals surface area contributed by atoms with Crippen LogP contribution in [-0.4, -0.2) is 57.9 Å². The average Bonchev–Trinajstić information content (AvgIpc) is 2.91. The van der Waals surface area contributed by atoms with Gasteiger partial charge in [-0.25, -0.2) is 9.78 Å². The largest absolute Gasteiger partial charge is 0.450 e. The number of hydrogen-bond acceptors (Lipinski definition) is 5. The standard InChI is InChI=1S/C14H22N4O3S/c1-3-21-14(20)18-7-4-11(5-8-18)16-12(19)10-22-13-15-6-9-17(13)2/h6,9,11H,3-5,7-8,10H2,1-2H3,(H,16,19). The molecule has 1 fully saturated rings. The van der Waals surface area contributed by atoms with Gasteiger partial charge in [-0.1, -0.05) is 11.8 Å². The summed E-state index contributed by atoms with van der Waals surface area (Å²) in [5, 5.41) is 3.84. The maximum absolute atomic E-state index is 12.0. The Labute approximate surface area is 134 Å². The van der Waals surface area contributed by atoms with Gasteiger partial charge < -0.3 is 19.5 Å². The molecular formula is C14H22N4O3S. The molecule has 2 heterocycles. The highest BCUT2D eigenvalue weighted by Gasteiger charge is 2.24. The minimum atomic E-state index is -0.266. The van der Waals surface area contributed by atoms with Crippen molar-refractivity contribution in [3.63, 3.8) is 0 Å². The Balaban J connectivity index is 1.68. The van der Waals surface area contributed by atoms with Crippen LogP contribution in [0.3, 0.4) is 0 Å². The summed E-state index contributed by atoms with van der Waals surface area (Å²) >= 11 is 1.42. The van der Waals surface area contributed by atoms with Crippen molar-refractivity contribution in [1.82, 2.24) is 19.8 Å². The average molecular weight is 326 g/mol. The summed E-state index contributed by atoms with van der Waals surface area (Å²) in [7, 11) is 1.90. The smallest absolute Gasteiger partial charge is 0.409 e. The minimum Gasteiger partial charge on any atom is -0.450 e. The Kier molecular flexibility index (Phi) is 6.11. The van der Waals surface area contributed by atoms with Crippen LogP contribution in [0.25, 0.3) is 0 Å². The number of hydrogen-bond donors (Lipinski definition) is 1. The summed E-state index contributed by atoms with van der Waals surface area (Å²) in [5.74, 6) is 0.353. The molecule has 1 aliphatic heterocycles. The van der Waals surface area contributed by atoms with Gasteiger partial charge in [0, 0.05) is 38.6 Å². The zero-order valence-electron chi connectivity index (χ0n) is 12.9. The Morgan fingerprint density at radius 1 is 1.45 bits per heavy atom. The van der Waals surface area contributed by atoms with Crippen LogP contribution in [0.1, 0.15) is 19.8 Å². The van der Waals surface area contributed by atoms with Gasteiger partial charge >= 0.3 is 6.09 Å². The molecular weight excluding hydrogens is 304 g/mol. The molecule has 1 saturated heterocycles. The van der Waals surface area contributed by atoms with Crippen molar-refractivity contribution in [2.75, 3.05) is 25.4 Å². The zero-order valence-corrected chi connectivity index (χ0v) is 13.8. The summed E-state index contributed by atoms with van der Waals surface area (Å²) in [6, 6.07) is 0.125. The highest BCUT2D eigenvalue weighted by molar-refractivity contribution is 7.99. The number of nitrogens with zero attached hydrogens (tertiary/aromatic N) is 3. The molecule has 0 saturated carbocycles. The summed E-state index contributed by atoms with van der Waals surface area (Å²) in [4.78, 5) is 29.4. The van der Waals surface area contributed by atoms with Crippen LogP contribution in [0.5, 0.6) is 0 Å². The molecule has 7 nitrogen and oxygen atoms in total. The van der Waals surface area contributed by atoms with E-state index in [4.69, 9.17) is 4.74 Å². The number of ether oxygens (including phenoxy) is 1. The van der Waals surface area contributed by atoms with Gasteiger partial charge in [-0.2, -0.15) is 0 Å². The molecule has 0 atom stereocenters. The third-order valence-corrected chi connectivity index (χ3v) is 4.55. The number of carbonyl (C=O) groups excluding carboxylic acids is 2. The molecule has 0 bridgehead atoms. The number of likely N-dealkylation sites (tertiary alicyclic amines) is 1. The Morgan fingerprint density at radius 3 is 2.77 bits per heavy atom. The normalized spacial score (nSPS) is 15.6. The van der Waals surface area contributed by atoms with E-state index in [1.165, 1.54) is 11.8 Å². The van der Waals surface area contributed by atoms with Gasteiger partial charge in [0.05, 0.1) is 12.4 Å². The molecule has 0 unspecified atom stereocenters. The van der Waals surface area contributed by atoms with Crippen LogP contribution >= 0.6 is 11.8 Å². The Bertz CT molecular complexity index is 512. The maximum Gasteiger partial charge on any atom is 0.409 e. The lowest BCUT2D eigenvalue weighted by atomic mass is 10.1. The van der Waals surface area contributed by atoms with Crippen LogP contribution in [0.4, 0.5) is 4.79 Å². The van der Waals surface area contributed by atoms with Gasteiger partial charge in [-0.3, -0.25) is 4.79 Å². The SMILES string of the molecule is CCOC(=O)N1CCC(NC(=O)CSc2nccn2C)CC1. The fraction of sp³-hybridized carbons (Fsp3) is 0.643. The van der Waals surface area contributed by atoms with E-state index in [-0.39, 0.29) is 18.0 Å². The first-order valence-corrected chi connectivity index (χ1v) is 8.40. The third kappa shape index (κ3) is 4.66. The van der Waals surface area contributed by atoms with Crippen LogP contribution in [0.15, 0.2) is 17.6 Å². The fourth-order valence-corrected chi connectivity index (χ4v) is 3.06.